The van der Waals surface area contributed by atoms with Crippen LogP contribution in [0.4, 0.5) is 8.78 Å². The van der Waals surface area contributed by atoms with Gasteiger partial charge in [-0.3, -0.25) is 14.3 Å². The average Bonchev–Trinajstić information content (AvgIpc) is 2.99. The molecular weight excluding hydrogens is 380 g/mol. The highest BCUT2D eigenvalue weighted by molar-refractivity contribution is 5.97. The van der Waals surface area contributed by atoms with Gasteiger partial charge in [-0.25, -0.2) is 0 Å². The first-order valence-corrected chi connectivity index (χ1v) is 9.29. The van der Waals surface area contributed by atoms with Crippen LogP contribution in [0.2, 0.25) is 0 Å². The smallest absolute Gasteiger partial charge is 0.387 e. The molecule has 0 saturated carbocycles. The third-order valence-corrected chi connectivity index (χ3v) is 5.33. The Labute approximate surface area is 165 Å². The number of hydrogen-bond donors (Lipinski definition) is 0. The number of aromatic nitrogens is 3. The molecule has 0 fully saturated rings. The second-order valence-electron chi connectivity index (χ2n) is 8.34. The van der Waals surface area contributed by atoms with Crippen molar-refractivity contribution in [2.24, 2.45) is 5.41 Å². The molecule has 3 aromatic rings. The lowest BCUT2D eigenvalue weighted by Crippen LogP contribution is -2.35. The Balaban J connectivity index is 2.04. The Morgan fingerprint density at radius 2 is 2.03 bits per heavy atom. The van der Waals surface area contributed by atoms with Gasteiger partial charge in [0.05, 0.1) is 29.5 Å². The number of halogens is 2. The first kappa shape index (κ1) is 19.3. The molecule has 1 aliphatic heterocycles. The maximum absolute atomic E-state index is 12.8. The number of rotatable bonds is 3. The largest absolute Gasteiger partial charge is 0.432 e. The Morgan fingerprint density at radius 1 is 1.31 bits per heavy atom. The molecular formula is C21H21F2N3O3. The summed E-state index contributed by atoms with van der Waals surface area (Å²) in [4.78, 5) is 24.5. The van der Waals surface area contributed by atoms with E-state index in [0.29, 0.717) is 28.8 Å². The SMILES string of the molecule is CC(=O)c1cn2c(cc1=O)-c1c3cccc(OC(F)F)c3nn1CC2C(C)(C)C. The lowest BCUT2D eigenvalue weighted by atomic mass is 9.84. The normalized spacial score (nSPS) is 16.0. The van der Waals surface area contributed by atoms with Crippen LogP contribution in [0.1, 0.15) is 44.1 Å². The van der Waals surface area contributed by atoms with E-state index in [1.54, 1.807) is 23.0 Å². The molecule has 0 radical (unpaired) electrons. The summed E-state index contributed by atoms with van der Waals surface area (Å²) in [6, 6.07) is 6.16. The number of pyridine rings is 1. The van der Waals surface area contributed by atoms with Gasteiger partial charge in [0.15, 0.2) is 17.0 Å². The maximum atomic E-state index is 12.8. The van der Waals surface area contributed by atoms with Gasteiger partial charge in [-0.1, -0.05) is 32.9 Å². The minimum Gasteiger partial charge on any atom is -0.432 e. The molecule has 6 nitrogen and oxygen atoms in total. The lowest BCUT2D eigenvalue weighted by Gasteiger charge is -2.38. The number of Topliss-reactive ketones (excluding diaryl/α,β-unsaturated/α-hetero) is 1. The van der Waals surface area contributed by atoms with E-state index in [2.05, 4.69) is 30.6 Å². The molecule has 2 aromatic heterocycles. The fraction of sp³-hybridized carbons (Fsp3) is 0.381. The predicted octanol–water partition coefficient (Wildman–Crippen LogP) is 4.27. The van der Waals surface area contributed by atoms with Gasteiger partial charge >= 0.3 is 6.61 Å². The quantitative estimate of drug-likeness (QED) is 0.615. The highest BCUT2D eigenvalue weighted by atomic mass is 19.3. The van der Waals surface area contributed by atoms with E-state index in [-0.39, 0.29) is 34.0 Å². The summed E-state index contributed by atoms with van der Waals surface area (Å²) in [5.41, 5.74) is 1.10. The molecule has 152 valence electrons. The lowest BCUT2D eigenvalue weighted by molar-refractivity contribution is -0.0489. The minimum atomic E-state index is -2.96. The molecule has 3 heterocycles. The van der Waals surface area contributed by atoms with Crippen LogP contribution in [-0.4, -0.2) is 26.7 Å². The number of ether oxygens (including phenoxy) is 1. The monoisotopic (exact) mass is 401 g/mol. The minimum absolute atomic E-state index is 0.0130. The van der Waals surface area contributed by atoms with Crippen molar-refractivity contribution in [3.63, 3.8) is 0 Å². The second kappa shape index (κ2) is 6.50. The summed E-state index contributed by atoms with van der Waals surface area (Å²) in [5, 5.41) is 5.14. The van der Waals surface area contributed by atoms with E-state index in [4.69, 9.17) is 0 Å². The topological polar surface area (TPSA) is 66.1 Å². The molecule has 0 bridgehead atoms. The van der Waals surface area contributed by atoms with Crippen molar-refractivity contribution in [1.29, 1.82) is 0 Å². The van der Waals surface area contributed by atoms with E-state index >= 15 is 0 Å². The van der Waals surface area contributed by atoms with Crippen molar-refractivity contribution in [1.82, 2.24) is 14.3 Å². The zero-order chi connectivity index (χ0) is 21.1. The van der Waals surface area contributed by atoms with Crippen LogP contribution in [0.5, 0.6) is 5.75 Å². The van der Waals surface area contributed by atoms with Crippen LogP contribution in [0, 0.1) is 5.41 Å². The van der Waals surface area contributed by atoms with Gasteiger partial charge in [-0.05, 0) is 18.4 Å². The maximum Gasteiger partial charge on any atom is 0.387 e. The molecule has 1 aromatic carbocycles. The van der Waals surface area contributed by atoms with Crippen molar-refractivity contribution in [2.75, 3.05) is 0 Å². The molecule has 1 atom stereocenters. The van der Waals surface area contributed by atoms with Gasteiger partial charge in [0, 0.05) is 17.6 Å². The summed E-state index contributed by atoms with van der Waals surface area (Å²) >= 11 is 0. The zero-order valence-electron chi connectivity index (χ0n) is 16.6. The Bertz CT molecular complexity index is 1190. The molecule has 1 aliphatic rings. The van der Waals surface area contributed by atoms with E-state index in [1.165, 1.54) is 19.1 Å². The van der Waals surface area contributed by atoms with Gasteiger partial charge in [0.2, 0.25) is 0 Å². The molecule has 0 N–H and O–H groups in total. The van der Waals surface area contributed by atoms with Gasteiger partial charge in [0.1, 0.15) is 5.52 Å². The molecule has 0 aliphatic carbocycles. The summed E-state index contributed by atoms with van der Waals surface area (Å²) in [5.74, 6) is -0.310. The average molecular weight is 401 g/mol. The number of alkyl halides is 2. The summed E-state index contributed by atoms with van der Waals surface area (Å²) < 4.78 is 34.0. The van der Waals surface area contributed by atoms with Crippen molar-refractivity contribution >= 4 is 16.7 Å². The zero-order valence-corrected chi connectivity index (χ0v) is 16.6. The van der Waals surface area contributed by atoms with Gasteiger partial charge < -0.3 is 9.30 Å². The van der Waals surface area contributed by atoms with Crippen molar-refractivity contribution < 1.29 is 18.3 Å². The number of carbonyl (C=O) groups excluding carboxylic acids is 1. The fourth-order valence-electron chi connectivity index (χ4n) is 3.92. The number of fused-ring (bicyclic) bond motifs is 5. The van der Waals surface area contributed by atoms with Gasteiger partial charge in [0.25, 0.3) is 0 Å². The molecule has 1 unspecified atom stereocenters. The number of nitrogens with zero attached hydrogens (tertiary/aromatic N) is 3. The van der Waals surface area contributed by atoms with Crippen LogP contribution in [0.3, 0.4) is 0 Å². The second-order valence-corrected chi connectivity index (χ2v) is 8.34. The Hall–Kier alpha value is -3.03. The van der Waals surface area contributed by atoms with Crippen molar-refractivity contribution in [3.05, 3.63) is 46.2 Å². The predicted molar refractivity (Wildman–Crippen MR) is 105 cm³/mol. The number of hydrogen-bond acceptors (Lipinski definition) is 4. The summed E-state index contributed by atoms with van der Waals surface area (Å²) in [6.07, 6.45) is 1.61. The van der Waals surface area contributed by atoms with E-state index in [9.17, 15) is 18.4 Å². The fourth-order valence-corrected chi connectivity index (χ4v) is 3.92. The number of carbonyl (C=O) groups is 1. The van der Waals surface area contributed by atoms with Crippen LogP contribution >= 0.6 is 0 Å². The first-order chi connectivity index (χ1) is 13.6. The molecule has 0 spiro atoms. The Kier molecular flexibility index (Phi) is 4.33. The van der Waals surface area contributed by atoms with Crippen LogP contribution in [0.15, 0.2) is 35.3 Å². The third kappa shape index (κ3) is 3.12. The van der Waals surface area contributed by atoms with Crippen molar-refractivity contribution in [2.45, 2.75) is 46.9 Å². The van der Waals surface area contributed by atoms with E-state index < -0.39 is 6.61 Å². The number of ketones is 1. The number of benzene rings is 1. The summed E-state index contributed by atoms with van der Waals surface area (Å²) in [7, 11) is 0. The highest BCUT2D eigenvalue weighted by Crippen LogP contribution is 2.43. The standard InChI is InChI=1S/C21H21F2N3O3/c1-11(27)13-9-25-14(8-15(13)28)19-12-6-5-7-16(29-20(22)23)18(12)24-26(19)10-17(25)21(2,3)4/h5-9,17,20H,10H2,1-4H3. The van der Waals surface area contributed by atoms with Crippen molar-refractivity contribution in [3.8, 4) is 17.1 Å². The summed E-state index contributed by atoms with van der Waals surface area (Å²) in [6.45, 7) is 5.06. The van der Waals surface area contributed by atoms with Gasteiger partial charge in [-0.15, -0.1) is 0 Å². The van der Waals surface area contributed by atoms with E-state index in [1.807, 2.05) is 4.57 Å². The molecule has 4 rings (SSSR count). The first-order valence-electron chi connectivity index (χ1n) is 9.29. The third-order valence-electron chi connectivity index (χ3n) is 5.33. The van der Waals surface area contributed by atoms with Crippen LogP contribution in [0.25, 0.3) is 22.3 Å². The molecule has 0 amide bonds. The van der Waals surface area contributed by atoms with Crippen LogP contribution < -0.4 is 10.2 Å². The molecule has 8 heteroatoms. The highest BCUT2D eigenvalue weighted by Gasteiger charge is 2.35. The van der Waals surface area contributed by atoms with Crippen LogP contribution in [-0.2, 0) is 6.54 Å². The molecule has 0 saturated heterocycles. The molecule has 29 heavy (non-hydrogen) atoms. The Morgan fingerprint density at radius 3 is 2.66 bits per heavy atom. The van der Waals surface area contributed by atoms with E-state index in [0.717, 1.165) is 0 Å². The van der Waals surface area contributed by atoms with Gasteiger partial charge in [-0.2, -0.15) is 13.9 Å².